The number of nitrogens with one attached hydrogen (secondary N) is 1. The highest BCUT2D eigenvalue weighted by atomic mass is 19.1. The number of carbonyl (C=O) groups is 1. The lowest BCUT2D eigenvalue weighted by molar-refractivity contribution is -0.130. The van der Waals surface area contributed by atoms with Crippen LogP contribution in [-0.2, 0) is 10.3 Å². The zero-order chi connectivity index (χ0) is 26.7. The quantitative estimate of drug-likeness (QED) is 0.472. The van der Waals surface area contributed by atoms with E-state index in [0.29, 0.717) is 29.4 Å². The number of halogens is 2. The van der Waals surface area contributed by atoms with E-state index in [1.54, 1.807) is 29.2 Å². The first-order valence-corrected chi connectivity index (χ1v) is 13.3. The van der Waals surface area contributed by atoms with Crippen molar-refractivity contribution in [2.45, 2.75) is 44.6 Å². The number of benzene rings is 2. The summed E-state index contributed by atoms with van der Waals surface area (Å²) < 4.78 is 27.4. The van der Waals surface area contributed by atoms with Crippen LogP contribution in [0.5, 0.6) is 0 Å². The number of aliphatic imine (C=N–C) groups is 1. The molecule has 0 bridgehead atoms. The van der Waals surface area contributed by atoms with Crippen LogP contribution in [0.2, 0.25) is 0 Å². The van der Waals surface area contributed by atoms with Crippen LogP contribution in [0.3, 0.4) is 0 Å². The first-order valence-electron chi connectivity index (χ1n) is 13.3. The number of piperidine rings is 1. The molecule has 5 rings (SSSR count). The van der Waals surface area contributed by atoms with Gasteiger partial charge in [-0.25, -0.2) is 13.8 Å². The monoisotopic (exact) mass is 520 g/mol. The van der Waals surface area contributed by atoms with Crippen molar-refractivity contribution in [2.24, 2.45) is 10.9 Å². The van der Waals surface area contributed by atoms with Crippen molar-refractivity contribution in [3.63, 3.8) is 0 Å². The van der Waals surface area contributed by atoms with Crippen LogP contribution in [0.25, 0.3) is 0 Å². The van der Waals surface area contributed by atoms with Crippen LogP contribution < -0.4 is 5.48 Å². The normalized spacial score (nSPS) is 20.3. The van der Waals surface area contributed by atoms with Gasteiger partial charge in [0.1, 0.15) is 17.5 Å². The lowest BCUT2D eigenvalue weighted by Gasteiger charge is -2.34. The van der Waals surface area contributed by atoms with Crippen molar-refractivity contribution >= 4 is 11.7 Å². The second kappa shape index (κ2) is 11.2. The predicted molar refractivity (Wildman–Crippen MR) is 143 cm³/mol. The Kier molecular flexibility index (Phi) is 7.72. The standard InChI is InChI=1S/C30H34F2N4O2/c1-21-33-30(24-5-9-26(31)10-6-24,25-7-11-27(32)12-8-25)29(37)36(21)18-2-17-35-19-15-23(16-20-35)22-3-13-28(34-38)14-4-22/h3,5-13,23,34,38H,2,4,14-20H2,1H3. The summed E-state index contributed by atoms with van der Waals surface area (Å²) in [6.07, 6.45) is 9.00. The first-order chi connectivity index (χ1) is 18.4. The van der Waals surface area contributed by atoms with E-state index in [9.17, 15) is 13.6 Å². The Morgan fingerprint density at radius 1 is 0.947 bits per heavy atom. The number of hydroxylamine groups is 1. The van der Waals surface area contributed by atoms with Gasteiger partial charge < -0.3 is 4.90 Å². The average molecular weight is 521 g/mol. The molecule has 8 heteroatoms. The number of allylic oxidation sites excluding steroid dienone is 4. The number of hydrogen-bond donors (Lipinski definition) is 2. The van der Waals surface area contributed by atoms with E-state index in [4.69, 9.17) is 10.2 Å². The molecule has 6 nitrogen and oxygen atoms in total. The highest BCUT2D eigenvalue weighted by molar-refractivity contribution is 6.09. The second-order valence-corrected chi connectivity index (χ2v) is 10.4. The molecule has 0 saturated carbocycles. The minimum atomic E-state index is -1.35. The van der Waals surface area contributed by atoms with Gasteiger partial charge in [0.05, 0.1) is 0 Å². The molecule has 1 saturated heterocycles. The van der Waals surface area contributed by atoms with E-state index in [1.807, 2.05) is 13.0 Å². The Balaban J connectivity index is 1.22. The predicted octanol–water partition coefficient (Wildman–Crippen LogP) is 5.15. The number of likely N-dealkylation sites (tertiary alicyclic amines) is 1. The number of rotatable bonds is 8. The van der Waals surface area contributed by atoms with Crippen molar-refractivity contribution in [2.75, 3.05) is 26.2 Å². The van der Waals surface area contributed by atoms with Crippen molar-refractivity contribution in [3.8, 4) is 0 Å². The van der Waals surface area contributed by atoms with Crippen LogP contribution >= 0.6 is 0 Å². The molecule has 0 radical (unpaired) electrons. The third kappa shape index (κ3) is 5.15. The highest BCUT2D eigenvalue weighted by Crippen LogP contribution is 2.40. The molecule has 2 aliphatic heterocycles. The van der Waals surface area contributed by atoms with E-state index in [1.165, 1.54) is 29.8 Å². The van der Waals surface area contributed by atoms with Crippen LogP contribution in [0.15, 0.2) is 76.9 Å². The number of amides is 1. The zero-order valence-electron chi connectivity index (χ0n) is 21.7. The summed E-state index contributed by atoms with van der Waals surface area (Å²) in [4.78, 5) is 22.9. The summed E-state index contributed by atoms with van der Waals surface area (Å²) in [5.41, 5.74) is 4.37. The summed E-state index contributed by atoms with van der Waals surface area (Å²) in [5, 5.41) is 9.07. The van der Waals surface area contributed by atoms with E-state index >= 15 is 0 Å². The lowest BCUT2D eigenvalue weighted by atomic mass is 9.82. The molecular formula is C30H34F2N4O2. The molecular weight excluding hydrogens is 486 g/mol. The van der Waals surface area contributed by atoms with Gasteiger partial charge in [0, 0.05) is 12.2 Å². The van der Waals surface area contributed by atoms with Crippen LogP contribution in [-0.4, -0.2) is 52.9 Å². The molecule has 1 fully saturated rings. The Morgan fingerprint density at radius 2 is 1.55 bits per heavy atom. The minimum absolute atomic E-state index is 0.194. The smallest absolute Gasteiger partial charge is 0.265 e. The second-order valence-electron chi connectivity index (χ2n) is 10.4. The van der Waals surface area contributed by atoms with Gasteiger partial charge in [0.15, 0.2) is 5.54 Å². The maximum Gasteiger partial charge on any atom is 0.265 e. The number of hydrogen-bond acceptors (Lipinski definition) is 5. The maximum absolute atomic E-state index is 13.9. The summed E-state index contributed by atoms with van der Waals surface area (Å²) in [5.74, 6) is 0.220. The van der Waals surface area contributed by atoms with Gasteiger partial charge in [-0.2, -0.15) is 0 Å². The summed E-state index contributed by atoms with van der Waals surface area (Å²) in [6.45, 7) is 5.29. The third-order valence-electron chi connectivity index (χ3n) is 8.09. The van der Waals surface area contributed by atoms with Crippen LogP contribution in [0, 0.1) is 17.6 Å². The van der Waals surface area contributed by atoms with Crippen LogP contribution in [0.1, 0.15) is 50.2 Å². The molecule has 0 aromatic heterocycles. The topological polar surface area (TPSA) is 68.2 Å². The molecule has 200 valence electrons. The maximum atomic E-state index is 13.9. The van der Waals surface area contributed by atoms with E-state index in [2.05, 4.69) is 16.5 Å². The molecule has 0 spiro atoms. The third-order valence-corrected chi connectivity index (χ3v) is 8.09. The fraction of sp³-hybridized carbons (Fsp3) is 0.400. The van der Waals surface area contributed by atoms with E-state index < -0.39 is 17.2 Å². The Hall–Kier alpha value is -3.36. The molecule has 0 atom stereocenters. The molecule has 38 heavy (non-hydrogen) atoms. The van der Waals surface area contributed by atoms with E-state index in [0.717, 1.165) is 57.4 Å². The van der Waals surface area contributed by atoms with Crippen LogP contribution in [0.4, 0.5) is 8.78 Å². The molecule has 2 heterocycles. The van der Waals surface area contributed by atoms with Crippen molar-refractivity contribution in [1.82, 2.24) is 15.3 Å². The number of carbonyl (C=O) groups excluding carboxylic acids is 1. The molecule has 0 unspecified atom stereocenters. The fourth-order valence-corrected chi connectivity index (χ4v) is 5.95. The van der Waals surface area contributed by atoms with Gasteiger partial charge in [-0.1, -0.05) is 35.9 Å². The largest absolute Gasteiger partial charge is 0.303 e. The highest BCUT2D eigenvalue weighted by Gasteiger charge is 2.49. The van der Waals surface area contributed by atoms with Crippen molar-refractivity contribution in [1.29, 1.82) is 0 Å². The summed E-state index contributed by atoms with van der Waals surface area (Å²) >= 11 is 0. The fourth-order valence-electron chi connectivity index (χ4n) is 5.95. The van der Waals surface area contributed by atoms with Gasteiger partial charge in [-0.15, -0.1) is 0 Å². The molecule has 1 aliphatic carbocycles. The first kappa shape index (κ1) is 26.3. The summed E-state index contributed by atoms with van der Waals surface area (Å²) in [6, 6.07) is 11.6. The Morgan fingerprint density at radius 3 is 2.08 bits per heavy atom. The SMILES string of the molecule is CC1=NC(c2ccc(F)cc2)(c2ccc(F)cc2)C(=O)N1CCCN1CCC(C2=CC=C(NO)CC2)CC1. The molecule has 3 aliphatic rings. The van der Waals surface area contributed by atoms with Gasteiger partial charge >= 0.3 is 0 Å². The average Bonchev–Trinajstić information content (AvgIpc) is 3.20. The van der Waals surface area contributed by atoms with E-state index in [-0.39, 0.29) is 5.91 Å². The molecule has 2 N–H and O–H groups in total. The molecule has 1 amide bonds. The minimum Gasteiger partial charge on any atom is -0.303 e. The van der Waals surface area contributed by atoms with Gasteiger partial charge in [0.2, 0.25) is 0 Å². The Bertz CT molecular complexity index is 1200. The molecule has 2 aromatic rings. The van der Waals surface area contributed by atoms with Gasteiger partial charge in [-0.3, -0.25) is 20.4 Å². The van der Waals surface area contributed by atoms with Crippen molar-refractivity contribution < 1.29 is 18.8 Å². The Labute approximate surface area is 222 Å². The van der Waals surface area contributed by atoms with Crippen molar-refractivity contribution in [3.05, 3.63) is 94.7 Å². The lowest BCUT2D eigenvalue weighted by Crippen LogP contribution is -2.43. The number of nitrogens with zero attached hydrogens (tertiary/aromatic N) is 3. The zero-order valence-corrected chi connectivity index (χ0v) is 21.7. The number of amidine groups is 1. The summed E-state index contributed by atoms with van der Waals surface area (Å²) in [7, 11) is 0. The molecule has 2 aromatic carbocycles. The van der Waals surface area contributed by atoms with Gasteiger partial charge in [0.25, 0.3) is 5.91 Å². The van der Waals surface area contributed by atoms with Gasteiger partial charge in [-0.05, 0) is 106 Å².